The van der Waals surface area contributed by atoms with E-state index < -0.39 is 40.9 Å². The van der Waals surface area contributed by atoms with Gasteiger partial charge in [-0.25, -0.2) is 0 Å². The highest BCUT2D eigenvalue weighted by molar-refractivity contribution is 6.19. The zero-order valence-electron chi connectivity index (χ0n) is 17.2. The lowest BCUT2D eigenvalue weighted by Crippen LogP contribution is -2.63. The number of carbonyl (C=O) groups excluding carboxylic acids is 3. The number of hydrogen-bond acceptors (Lipinski definition) is 6. The number of esters is 1. The molecule has 4 aliphatic carbocycles. The van der Waals surface area contributed by atoms with Crippen molar-refractivity contribution in [3.05, 3.63) is 11.1 Å². The van der Waals surface area contributed by atoms with Crippen LogP contribution in [0, 0.1) is 28.1 Å². The van der Waals surface area contributed by atoms with Crippen molar-refractivity contribution < 1.29 is 29.3 Å². The summed E-state index contributed by atoms with van der Waals surface area (Å²) in [6.45, 7) is 9.10. The van der Waals surface area contributed by atoms with Crippen LogP contribution in [-0.4, -0.2) is 46.1 Å². The minimum absolute atomic E-state index is 0.114. The summed E-state index contributed by atoms with van der Waals surface area (Å²) in [7, 11) is 0. The van der Waals surface area contributed by atoms with E-state index in [0.29, 0.717) is 18.4 Å². The van der Waals surface area contributed by atoms with Gasteiger partial charge in [0.15, 0.2) is 17.7 Å². The quantitative estimate of drug-likeness (QED) is 0.664. The minimum atomic E-state index is -1.36. The Labute approximate surface area is 165 Å². The number of fused-ring (bicyclic) bond motifs is 2. The Morgan fingerprint density at radius 3 is 2.29 bits per heavy atom. The lowest BCUT2D eigenvalue weighted by molar-refractivity contribution is -0.170. The van der Waals surface area contributed by atoms with E-state index in [2.05, 4.69) is 0 Å². The fraction of sp³-hybridized carbons (Fsp3) is 0.773. The molecule has 0 bridgehead atoms. The van der Waals surface area contributed by atoms with Crippen LogP contribution in [0.1, 0.15) is 60.3 Å². The average Bonchev–Trinajstić information content (AvgIpc) is 3.24. The van der Waals surface area contributed by atoms with Gasteiger partial charge in [-0.15, -0.1) is 0 Å². The van der Waals surface area contributed by atoms with Crippen LogP contribution < -0.4 is 0 Å². The molecule has 6 heteroatoms. The third-order valence-corrected chi connectivity index (χ3v) is 8.13. The molecule has 0 aromatic rings. The summed E-state index contributed by atoms with van der Waals surface area (Å²) in [5.74, 6) is -1.82. The molecule has 0 amide bonds. The van der Waals surface area contributed by atoms with Gasteiger partial charge in [-0.2, -0.15) is 0 Å². The fourth-order valence-corrected chi connectivity index (χ4v) is 6.85. The monoisotopic (exact) mass is 390 g/mol. The molecule has 4 aliphatic rings. The van der Waals surface area contributed by atoms with Gasteiger partial charge in [0.1, 0.15) is 6.10 Å². The average molecular weight is 390 g/mol. The molecule has 0 aromatic carbocycles. The van der Waals surface area contributed by atoms with E-state index in [1.54, 1.807) is 0 Å². The first kappa shape index (κ1) is 19.8. The van der Waals surface area contributed by atoms with Crippen LogP contribution in [-0.2, 0) is 19.1 Å². The summed E-state index contributed by atoms with van der Waals surface area (Å²) in [6.07, 6.45) is -0.768. The summed E-state index contributed by atoms with van der Waals surface area (Å²) in [6, 6.07) is 0. The van der Waals surface area contributed by atoms with E-state index in [1.165, 1.54) is 6.92 Å². The predicted molar refractivity (Wildman–Crippen MR) is 100 cm³/mol. The molecule has 0 unspecified atom stereocenters. The van der Waals surface area contributed by atoms with Crippen molar-refractivity contribution in [2.45, 2.75) is 78.6 Å². The first-order valence-corrected chi connectivity index (χ1v) is 10.3. The predicted octanol–water partition coefficient (Wildman–Crippen LogP) is 1.96. The molecule has 0 aromatic heterocycles. The zero-order chi connectivity index (χ0) is 20.8. The Balaban J connectivity index is 1.98. The highest BCUT2D eigenvalue weighted by atomic mass is 16.6. The maximum absolute atomic E-state index is 13.6. The van der Waals surface area contributed by atoms with E-state index in [9.17, 15) is 24.6 Å². The maximum atomic E-state index is 13.6. The van der Waals surface area contributed by atoms with Gasteiger partial charge in [0.05, 0.1) is 11.5 Å². The van der Waals surface area contributed by atoms with Crippen molar-refractivity contribution in [2.24, 2.45) is 28.1 Å². The zero-order valence-corrected chi connectivity index (χ0v) is 17.2. The standard InChI is InChI=1S/C22H30O6/c1-10-9-22(10)18(26)12-13(14(24)19(22)27)21(5)8-6-7-20(3,4)17(21)15(25)16(12)28-11(2)23/h10,15-17,19,25,27H,6-9H2,1-5H3/t10-,15+,16-,17-,19-,21+,22+/m0/s1. The number of rotatable bonds is 1. The van der Waals surface area contributed by atoms with Gasteiger partial charge in [-0.3, -0.25) is 14.4 Å². The van der Waals surface area contributed by atoms with Crippen LogP contribution in [0.15, 0.2) is 11.1 Å². The van der Waals surface area contributed by atoms with Crippen LogP contribution in [0.5, 0.6) is 0 Å². The lowest BCUT2D eigenvalue weighted by Gasteiger charge is -2.58. The van der Waals surface area contributed by atoms with Gasteiger partial charge in [0.2, 0.25) is 0 Å². The van der Waals surface area contributed by atoms with E-state index in [-0.39, 0.29) is 28.6 Å². The summed E-state index contributed by atoms with van der Waals surface area (Å²) in [5.41, 5.74) is -1.73. The van der Waals surface area contributed by atoms with E-state index in [1.807, 2.05) is 27.7 Å². The third-order valence-electron chi connectivity index (χ3n) is 8.13. The molecule has 4 rings (SSSR count). The van der Waals surface area contributed by atoms with E-state index in [4.69, 9.17) is 4.74 Å². The molecule has 0 radical (unpaired) electrons. The molecule has 2 fully saturated rings. The molecule has 6 nitrogen and oxygen atoms in total. The van der Waals surface area contributed by atoms with Crippen LogP contribution in [0.2, 0.25) is 0 Å². The maximum Gasteiger partial charge on any atom is 0.303 e. The smallest absolute Gasteiger partial charge is 0.303 e. The number of hydrogen-bond donors (Lipinski definition) is 2. The highest BCUT2D eigenvalue weighted by Crippen LogP contribution is 2.66. The number of Topliss-reactive ketones (excluding diaryl/α,β-unsaturated/α-hetero) is 2. The Morgan fingerprint density at radius 1 is 1.14 bits per heavy atom. The molecular formula is C22H30O6. The third kappa shape index (κ3) is 2.25. The summed E-state index contributed by atoms with van der Waals surface area (Å²) < 4.78 is 5.47. The second-order valence-corrected chi connectivity index (χ2v) is 10.3. The summed E-state index contributed by atoms with van der Waals surface area (Å²) in [5, 5.41) is 22.2. The second kappa shape index (κ2) is 5.76. The van der Waals surface area contributed by atoms with Gasteiger partial charge < -0.3 is 14.9 Å². The fourth-order valence-electron chi connectivity index (χ4n) is 6.85. The molecule has 1 spiro atoms. The number of ketones is 2. The molecule has 0 heterocycles. The molecule has 28 heavy (non-hydrogen) atoms. The largest absolute Gasteiger partial charge is 0.455 e. The first-order chi connectivity index (χ1) is 12.9. The van der Waals surface area contributed by atoms with Gasteiger partial charge in [0, 0.05) is 29.4 Å². The van der Waals surface area contributed by atoms with Crippen molar-refractivity contribution in [1.29, 1.82) is 0 Å². The van der Waals surface area contributed by atoms with E-state index in [0.717, 1.165) is 12.8 Å². The molecule has 2 N–H and O–H groups in total. The molecular weight excluding hydrogens is 360 g/mol. The SMILES string of the molecule is CC(=O)O[C@H]1C2=C(C(=O)[C@H](O)[C@@]3(C[C@@H]3C)C2=O)[C@@]2(C)CCCC(C)(C)[C@@H]2[C@@H]1O. The lowest BCUT2D eigenvalue weighted by atomic mass is 9.46. The number of aliphatic hydroxyl groups excluding tert-OH is 2. The van der Waals surface area contributed by atoms with Crippen LogP contribution in [0.3, 0.4) is 0 Å². The number of ether oxygens (including phenoxy) is 1. The van der Waals surface area contributed by atoms with Crippen LogP contribution in [0.4, 0.5) is 0 Å². The molecule has 2 saturated carbocycles. The van der Waals surface area contributed by atoms with E-state index >= 15 is 0 Å². The Kier molecular flexibility index (Phi) is 4.07. The number of carbonyl (C=O) groups is 3. The molecule has 0 saturated heterocycles. The Morgan fingerprint density at radius 2 is 1.75 bits per heavy atom. The van der Waals surface area contributed by atoms with Gasteiger partial charge in [-0.1, -0.05) is 34.1 Å². The summed E-state index contributed by atoms with van der Waals surface area (Å²) >= 11 is 0. The van der Waals surface area contributed by atoms with Crippen molar-refractivity contribution in [2.75, 3.05) is 0 Å². The number of aliphatic hydroxyl groups is 2. The molecule has 0 aliphatic heterocycles. The topological polar surface area (TPSA) is 101 Å². The van der Waals surface area contributed by atoms with Crippen LogP contribution >= 0.6 is 0 Å². The Bertz CT molecular complexity index is 810. The first-order valence-electron chi connectivity index (χ1n) is 10.3. The van der Waals surface area contributed by atoms with Gasteiger partial charge >= 0.3 is 5.97 Å². The summed E-state index contributed by atoms with van der Waals surface area (Å²) in [4.78, 5) is 38.8. The Hall–Kier alpha value is -1.53. The van der Waals surface area contributed by atoms with Crippen molar-refractivity contribution in [3.63, 3.8) is 0 Å². The molecule has 7 atom stereocenters. The molecule has 154 valence electrons. The second-order valence-electron chi connectivity index (χ2n) is 10.3. The normalized spacial score (nSPS) is 46.9. The van der Waals surface area contributed by atoms with Crippen molar-refractivity contribution in [1.82, 2.24) is 0 Å². The van der Waals surface area contributed by atoms with Gasteiger partial charge in [0.25, 0.3) is 0 Å². The van der Waals surface area contributed by atoms with Gasteiger partial charge in [-0.05, 0) is 30.6 Å². The minimum Gasteiger partial charge on any atom is -0.455 e. The van der Waals surface area contributed by atoms with Crippen LogP contribution in [0.25, 0.3) is 0 Å². The van der Waals surface area contributed by atoms with Crippen molar-refractivity contribution >= 4 is 17.5 Å². The van der Waals surface area contributed by atoms with Crippen molar-refractivity contribution in [3.8, 4) is 0 Å². The highest BCUT2D eigenvalue weighted by Gasteiger charge is 2.72.